The summed E-state index contributed by atoms with van der Waals surface area (Å²) in [6, 6.07) is -0.880. The van der Waals surface area contributed by atoms with Crippen LogP contribution >= 0.6 is 22.9 Å². The fraction of sp³-hybridized carbons (Fsp3) is 0.333. The summed E-state index contributed by atoms with van der Waals surface area (Å²) in [4.78, 5) is 20.4. The highest BCUT2D eigenvalue weighted by molar-refractivity contribution is 14.1. The highest BCUT2D eigenvalue weighted by Gasteiger charge is 2.12. The van der Waals surface area contributed by atoms with Gasteiger partial charge in [-0.2, -0.15) is 0 Å². The van der Waals surface area contributed by atoms with Gasteiger partial charge in [0.25, 0.3) is 5.91 Å². The van der Waals surface area contributed by atoms with E-state index in [-0.39, 0.29) is 0 Å². The van der Waals surface area contributed by atoms with Gasteiger partial charge in [-0.1, -0.05) is 0 Å². The summed E-state index contributed by atoms with van der Waals surface area (Å²) in [6.07, 6.45) is 0. The van der Waals surface area contributed by atoms with E-state index >= 15 is 0 Å². The molecule has 0 bridgehead atoms. The molecular weight excluding hydrogens is 239 g/mol. The molecule has 3 N–H and O–H groups in total. The van der Waals surface area contributed by atoms with Gasteiger partial charge in [-0.05, 0) is 0 Å². The SMILES string of the molecule is NC(=O)N(I)C(=O)CO. The van der Waals surface area contributed by atoms with Gasteiger partial charge in [0.15, 0.2) is 0 Å². The summed E-state index contributed by atoms with van der Waals surface area (Å²) in [7, 11) is 0. The van der Waals surface area contributed by atoms with Gasteiger partial charge in [0.2, 0.25) is 0 Å². The smallest absolute Gasteiger partial charge is 0.330 e. The number of rotatable bonds is 1. The highest BCUT2D eigenvalue weighted by Crippen LogP contribution is 1.96. The van der Waals surface area contributed by atoms with E-state index in [0.717, 1.165) is 0 Å². The molecule has 5 nitrogen and oxygen atoms in total. The monoisotopic (exact) mass is 244 g/mol. The van der Waals surface area contributed by atoms with Gasteiger partial charge in [-0.15, -0.1) is 0 Å². The predicted octanol–water partition coefficient (Wildman–Crippen LogP) is -0.764. The third-order valence-corrected chi connectivity index (χ3v) is 1.56. The molecule has 0 unspecified atom stereocenters. The molecule has 0 spiro atoms. The molecule has 0 rings (SSSR count). The summed E-state index contributed by atoms with van der Waals surface area (Å²) >= 11 is 1.41. The van der Waals surface area contributed by atoms with Gasteiger partial charge in [0.1, 0.15) is 6.61 Å². The maximum Gasteiger partial charge on any atom is 0.330 e. The first-order valence-electron chi connectivity index (χ1n) is 1.98. The highest BCUT2D eigenvalue weighted by atomic mass is 127. The predicted molar refractivity (Wildman–Crippen MR) is 37.5 cm³/mol. The lowest BCUT2D eigenvalue weighted by molar-refractivity contribution is -0.126. The molecule has 0 aliphatic rings. The first-order valence-corrected chi connectivity index (χ1v) is 2.95. The molecular formula is C3H5IN2O3. The first-order chi connectivity index (χ1) is 4.09. The Labute approximate surface area is 65.3 Å². The lowest BCUT2D eigenvalue weighted by Gasteiger charge is -2.05. The second-order valence-corrected chi connectivity index (χ2v) is 2.14. The lowest BCUT2D eigenvalue weighted by atomic mass is 10.6. The zero-order chi connectivity index (χ0) is 7.44. The Kier molecular flexibility index (Phi) is 3.47. The van der Waals surface area contributed by atoms with E-state index in [1.807, 2.05) is 0 Å². The van der Waals surface area contributed by atoms with Gasteiger partial charge in [0.05, 0.1) is 22.9 Å². The van der Waals surface area contributed by atoms with Crippen molar-refractivity contribution in [3.63, 3.8) is 0 Å². The van der Waals surface area contributed by atoms with Crippen LogP contribution in [0.4, 0.5) is 4.79 Å². The largest absolute Gasteiger partial charge is 0.386 e. The zero-order valence-electron chi connectivity index (χ0n) is 4.37. The zero-order valence-corrected chi connectivity index (χ0v) is 6.53. The standard InChI is InChI=1S/C3H5IN2O3/c4-6(3(5)9)2(8)1-7/h7H,1H2,(H2,5,9). The Bertz CT molecular complexity index is 137. The lowest BCUT2D eigenvalue weighted by Crippen LogP contribution is -2.34. The number of nitrogens with two attached hydrogens (primary N) is 1. The number of primary amides is 1. The van der Waals surface area contributed by atoms with Crippen LogP contribution in [0.5, 0.6) is 0 Å². The topological polar surface area (TPSA) is 83.6 Å². The molecule has 0 radical (unpaired) electrons. The number of aliphatic hydroxyl groups excluding tert-OH is 1. The third-order valence-electron chi connectivity index (χ3n) is 0.548. The van der Waals surface area contributed by atoms with Crippen LogP contribution in [-0.4, -0.2) is 26.8 Å². The van der Waals surface area contributed by atoms with E-state index in [1.54, 1.807) is 0 Å². The minimum absolute atomic E-state index is 0.609. The second-order valence-electron chi connectivity index (χ2n) is 1.17. The van der Waals surface area contributed by atoms with Crippen molar-refractivity contribution in [2.45, 2.75) is 0 Å². The van der Waals surface area contributed by atoms with Gasteiger partial charge in [-0.25, -0.2) is 7.91 Å². The fourth-order valence-electron chi connectivity index (χ4n) is 0.185. The molecule has 0 aromatic heterocycles. The van der Waals surface area contributed by atoms with Gasteiger partial charge < -0.3 is 10.8 Å². The van der Waals surface area contributed by atoms with Crippen LogP contribution in [0, 0.1) is 0 Å². The first kappa shape index (κ1) is 8.63. The van der Waals surface area contributed by atoms with Crippen LogP contribution in [0.3, 0.4) is 0 Å². The van der Waals surface area contributed by atoms with Crippen LogP contribution in [0.2, 0.25) is 0 Å². The van der Waals surface area contributed by atoms with Crippen molar-refractivity contribution in [3.8, 4) is 0 Å². The summed E-state index contributed by atoms with van der Waals surface area (Å²) in [5, 5.41) is 8.15. The summed E-state index contributed by atoms with van der Waals surface area (Å²) < 4.78 is 0.609. The van der Waals surface area contributed by atoms with Gasteiger partial charge in [-0.3, -0.25) is 4.79 Å². The van der Waals surface area contributed by atoms with Gasteiger partial charge in [0, 0.05) is 0 Å². The molecule has 6 heteroatoms. The third kappa shape index (κ3) is 2.61. The van der Waals surface area contributed by atoms with Crippen molar-refractivity contribution in [2.75, 3.05) is 6.61 Å². The van der Waals surface area contributed by atoms with Crippen molar-refractivity contribution in [2.24, 2.45) is 5.73 Å². The molecule has 0 atom stereocenters. The van der Waals surface area contributed by atoms with Crippen molar-refractivity contribution < 1.29 is 14.7 Å². The fourth-order valence-corrected chi connectivity index (χ4v) is 0.338. The molecule has 0 saturated carbocycles. The average Bonchev–Trinajstić information content (AvgIpc) is 1.84. The van der Waals surface area contributed by atoms with Crippen molar-refractivity contribution in [3.05, 3.63) is 0 Å². The summed E-state index contributed by atoms with van der Waals surface area (Å²) in [5.41, 5.74) is 4.66. The van der Waals surface area contributed by atoms with E-state index in [2.05, 4.69) is 5.73 Å². The number of aliphatic hydroxyl groups is 1. The quantitative estimate of drug-likeness (QED) is 0.469. The summed E-state index contributed by atoms with van der Waals surface area (Å²) in [6.45, 7) is -0.703. The Balaban J connectivity index is 3.88. The molecule has 0 heterocycles. The number of nitrogens with zero attached hydrogens (tertiary/aromatic N) is 1. The van der Waals surface area contributed by atoms with Crippen molar-refractivity contribution in [1.29, 1.82) is 0 Å². The van der Waals surface area contributed by atoms with Gasteiger partial charge >= 0.3 is 6.03 Å². The number of carbonyl (C=O) groups excluding carboxylic acids is 2. The molecule has 0 aromatic rings. The number of carbonyl (C=O) groups is 2. The Hall–Kier alpha value is -0.370. The van der Waals surface area contributed by atoms with E-state index < -0.39 is 18.5 Å². The number of halogens is 1. The maximum atomic E-state index is 10.3. The normalized spacial score (nSPS) is 8.67. The Morgan fingerprint density at radius 2 is 2.11 bits per heavy atom. The molecule has 52 valence electrons. The number of imide groups is 1. The molecule has 0 saturated heterocycles. The summed E-state index contributed by atoms with van der Waals surface area (Å²) in [5.74, 6) is -0.719. The van der Waals surface area contributed by atoms with Crippen LogP contribution in [0.25, 0.3) is 0 Å². The molecule has 0 aromatic carbocycles. The Morgan fingerprint density at radius 1 is 1.67 bits per heavy atom. The van der Waals surface area contributed by atoms with Crippen LogP contribution in [0.15, 0.2) is 0 Å². The number of urea groups is 1. The molecule has 0 aliphatic carbocycles. The van der Waals surface area contributed by atoms with E-state index in [9.17, 15) is 9.59 Å². The Morgan fingerprint density at radius 3 is 2.22 bits per heavy atom. The van der Waals surface area contributed by atoms with E-state index in [1.165, 1.54) is 22.9 Å². The number of hydrogen-bond donors (Lipinski definition) is 2. The molecule has 3 amide bonds. The minimum atomic E-state index is -0.880. The van der Waals surface area contributed by atoms with Crippen molar-refractivity contribution in [1.82, 2.24) is 3.11 Å². The van der Waals surface area contributed by atoms with Crippen LogP contribution in [0.1, 0.15) is 0 Å². The van der Waals surface area contributed by atoms with Crippen molar-refractivity contribution >= 4 is 34.8 Å². The molecule has 0 aliphatic heterocycles. The number of hydrogen-bond acceptors (Lipinski definition) is 3. The maximum absolute atomic E-state index is 10.3. The van der Waals surface area contributed by atoms with E-state index in [0.29, 0.717) is 3.11 Å². The molecule has 0 fully saturated rings. The average molecular weight is 244 g/mol. The van der Waals surface area contributed by atoms with E-state index in [4.69, 9.17) is 5.11 Å². The molecule has 9 heavy (non-hydrogen) atoms. The second kappa shape index (κ2) is 3.62. The minimum Gasteiger partial charge on any atom is -0.386 e. The van der Waals surface area contributed by atoms with Crippen LogP contribution in [-0.2, 0) is 4.79 Å². The van der Waals surface area contributed by atoms with Crippen LogP contribution < -0.4 is 5.73 Å². The number of amides is 3.